The van der Waals surface area contributed by atoms with Gasteiger partial charge in [0.05, 0.1) is 0 Å². The molecule has 0 aromatic heterocycles. The lowest BCUT2D eigenvalue weighted by Gasteiger charge is -2.29. The fourth-order valence-electron chi connectivity index (χ4n) is 2.12. The first-order valence-corrected chi connectivity index (χ1v) is 6.81. The zero-order valence-corrected chi connectivity index (χ0v) is 11.7. The topological polar surface area (TPSA) is 95.6 Å². The van der Waals surface area contributed by atoms with Gasteiger partial charge in [0, 0.05) is 19.5 Å². The van der Waals surface area contributed by atoms with Crippen LogP contribution in [0.15, 0.2) is 0 Å². The molecule has 0 aromatic carbocycles. The third-order valence-corrected chi connectivity index (χ3v) is 3.57. The lowest BCUT2D eigenvalue weighted by atomic mass is 10.0. The molecule has 0 radical (unpaired) electrons. The number of hydrogen-bond donors (Lipinski definition) is 2. The second-order valence-corrected chi connectivity index (χ2v) is 5.75. The summed E-state index contributed by atoms with van der Waals surface area (Å²) in [6.45, 7) is 4.51. The zero-order chi connectivity index (χ0) is 14.9. The van der Waals surface area contributed by atoms with E-state index in [1.807, 2.05) is 13.8 Å². The minimum absolute atomic E-state index is 0.00360. The van der Waals surface area contributed by atoms with Crippen molar-refractivity contribution in [1.82, 2.24) is 15.5 Å². The molecule has 0 atom stereocenters. The molecule has 7 heteroatoms. The summed E-state index contributed by atoms with van der Waals surface area (Å²) in [4.78, 5) is 47.9. The molecule has 0 unspecified atom stereocenters. The van der Waals surface area contributed by atoms with Gasteiger partial charge in [-0.05, 0) is 18.8 Å². The van der Waals surface area contributed by atoms with E-state index in [0.29, 0.717) is 25.3 Å². The van der Waals surface area contributed by atoms with E-state index in [9.17, 15) is 19.2 Å². The van der Waals surface area contributed by atoms with Crippen molar-refractivity contribution in [2.45, 2.75) is 33.1 Å². The van der Waals surface area contributed by atoms with Gasteiger partial charge in [-0.2, -0.15) is 0 Å². The quantitative estimate of drug-likeness (QED) is 0.694. The number of imide groups is 2. The Hall–Kier alpha value is -1.92. The molecular formula is C13H19N3O4. The first-order valence-electron chi connectivity index (χ1n) is 6.81. The van der Waals surface area contributed by atoms with Crippen LogP contribution in [-0.4, -0.2) is 41.7 Å². The second-order valence-electron chi connectivity index (χ2n) is 5.75. The maximum atomic E-state index is 12.1. The third-order valence-electron chi connectivity index (χ3n) is 3.57. The summed E-state index contributed by atoms with van der Waals surface area (Å²) >= 11 is 0. The van der Waals surface area contributed by atoms with Crippen LogP contribution in [0.1, 0.15) is 33.1 Å². The number of nitrogens with one attached hydrogen (secondary N) is 2. The van der Waals surface area contributed by atoms with Crippen LogP contribution >= 0.6 is 0 Å². The van der Waals surface area contributed by atoms with Crippen LogP contribution in [0.2, 0.25) is 0 Å². The molecule has 110 valence electrons. The Kier molecular flexibility index (Phi) is 3.78. The predicted octanol–water partition coefficient (Wildman–Crippen LogP) is 0.00730. The minimum atomic E-state index is -1.04. The lowest BCUT2D eigenvalue weighted by molar-refractivity contribution is -0.144. The van der Waals surface area contributed by atoms with Crippen molar-refractivity contribution >= 4 is 23.8 Å². The van der Waals surface area contributed by atoms with Gasteiger partial charge in [-0.1, -0.05) is 13.8 Å². The average molecular weight is 281 g/mol. The average Bonchev–Trinajstić information content (AvgIpc) is 3.16. The first-order chi connectivity index (χ1) is 9.36. The molecular weight excluding hydrogens is 262 g/mol. The number of amides is 5. The highest BCUT2D eigenvalue weighted by Gasteiger charge is 2.62. The van der Waals surface area contributed by atoms with Gasteiger partial charge in [0.1, 0.15) is 5.41 Å². The van der Waals surface area contributed by atoms with Gasteiger partial charge in [-0.3, -0.25) is 24.6 Å². The van der Waals surface area contributed by atoms with Crippen molar-refractivity contribution < 1.29 is 19.2 Å². The summed E-state index contributed by atoms with van der Waals surface area (Å²) < 4.78 is 0. The van der Waals surface area contributed by atoms with E-state index in [1.165, 1.54) is 0 Å². The van der Waals surface area contributed by atoms with Crippen molar-refractivity contribution in [3.05, 3.63) is 0 Å². The number of hydrogen-bond acceptors (Lipinski definition) is 4. The summed E-state index contributed by atoms with van der Waals surface area (Å²) in [6, 6.07) is -0.728. The number of barbiturate groups is 1. The monoisotopic (exact) mass is 281 g/mol. The molecule has 1 spiro atoms. The molecule has 0 aromatic rings. The summed E-state index contributed by atoms with van der Waals surface area (Å²) in [5.74, 6) is -0.844. The van der Waals surface area contributed by atoms with Gasteiger partial charge in [0.25, 0.3) is 0 Å². The van der Waals surface area contributed by atoms with Gasteiger partial charge >= 0.3 is 6.03 Å². The molecule has 5 amide bonds. The van der Waals surface area contributed by atoms with Gasteiger partial charge in [0.15, 0.2) is 0 Å². The fourth-order valence-corrected chi connectivity index (χ4v) is 2.12. The molecule has 2 aliphatic rings. The van der Waals surface area contributed by atoms with E-state index >= 15 is 0 Å². The smallest absolute Gasteiger partial charge is 0.330 e. The van der Waals surface area contributed by atoms with Crippen LogP contribution in [0, 0.1) is 11.3 Å². The van der Waals surface area contributed by atoms with Crippen LogP contribution in [0.4, 0.5) is 4.79 Å². The molecule has 20 heavy (non-hydrogen) atoms. The Bertz CT molecular complexity index is 468. The summed E-state index contributed by atoms with van der Waals surface area (Å²) in [5, 5.41) is 4.90. The van der Waals surface area contributed by atoms with Gasteiger partial charge in [-0.15, -0.1) is 0 Å². The van der Waals surface area contributed by atoms with Crippen molar-refractivity contribution in [3.63, 3.8) is 0 Å². The van der Waals surface area contributed by atoms with Crippen molar-refractivity contribution in [2.24, 2.45) is 11.3 Å². The summed E-state index contributed by atoms with van der Waals surface area (Å²) in [7, 11) is 0. The van der Waals surface area contributed by atoms with E-state index in [1.54, 1.807) is 0 Å². The molecule has 1 saturated heterocycles. The Balaban J connectivity index is 1.89. The summed E-state index contributed by atoms with van der Waals surface area (Å²) in [5.41, 5.74) is -1.04. The van der Waals surface area contributed by atoms with Crippen molar-refractivity contribution in [2.75, 3.05) is 13.1 Å². The molecule has 7 nitrogen and oxygen atoms in total. The van der Waals surface area contributed by atoms with Gasteiger partial charge in [-0.25, -0.2) is 4.79 Å². The second kappa shape index (κ2) is 5.22. The highest BCUT2D eigenvalue weighted by molar-refractivity contribution is 6.20. The fraction of sp³-hybridized carbons (Fsp3) is 0.692. The highest BCUT2D eigenvalue weighted by atomic mass is 16.2. The number of carbonyl (C=O) groups excluding carboxylic acids is 4. The zero-order valence-electron chi connectivity index (χ0n) is 11.7. The minimum Gasteiger partial charge on any atom is -0.356 e. The molecule has 0 bridgehead atoms. The van der Waals surface area contributed by atoms with E-state index in [2.05, 4.69) is 10.6 Å². The van der Waals surface area contributed by atoms with E-state index in [-0.39, 0.29) is 18.9 Å². The number of nitrogens with zero attached hydrogens (tertiary/aromatic N) is 1. The van der Waals surface area contributed by atoms with Crippen molar-refractivity contribution in [1.29, 1.82) is 0 Å². The number of urea groups is 1. The van der Waals surface area contributed by atoms with Crippen LogP contribution in [-0.2, 0) is 14.4 Å². The SMILES string of the molecule is CC(C)CNC(=O)CCN1C(=O)NC(=O)C2(CC2)C1=O. The van der Waals surface area contributed by atoms with Gasteiger partial charge in [0.2, 0.25) is 17.7 Å². The largest absolute Gasteiger partial charge is 0.356 e. The van der Waals surface area contributed by atoms with Crippen LogP contribution in [0.25, 0.3) is 0 Å². The number of rotatable bonds is 5. The highest BCUT2D eigenvalue weighted by Crippen LogP contribution is 2.48. The Morgan fingerprint density at radius 1 is 1.35 bits per heavy atom. The maximum Gasteiger partial charge on any atom is 0.330 e. The standard InChI is InChI=1S/C13H19N3O4/c1-8(2)7-14-9(17)3-6-16-11(19)13(4-5-13)10(18)15-12(16)20/h8H,3-7H2,1-2H3,(H,14,17)(H,15,18,20). The molecule has 1 aliphatic carbocycles. The van der Waals surface area contributed by atoms with E-state index in [0.717, 1.165) is 4.90 Å². The Morgan fingerprint density at radius 2 is 2.00 bits per heavy atom. The van der Waals surface area contributed by atoms with E-state index < -0.39 is 23.3 Å². The third kappa shape index (κ3) is 2.66. The Labute approximate surface area is 117 Å². The van der Waals surface area contributed by atoms with E-state index in [4.69, 9.17) is 0 Å². The normalized spacial score (nSPS) is 20.4. The van der Waals surface area contributed by atoms with Crippen LogP contribution < -0.4 is 10.6 Å². The molecule has 2 fully saturated rings. The molecule has 2 N–H and O–H groups in total. The maximum absolute atomic E-state index is 12.1. The molecule has 1 heterocycles. The Morgan fingerprint density at radius 3 is 2.55 bits per heavy atom. The van der Waals surface area contributed by atoms with Crippen LogP contribution in [0.5, 0.6) is 0 Å². The van der Waals surface area contributed by atoms with Crippen molar-refractivity contribution in [3.8, 4) is 0 Å². The van der Waals surface area contributed by atoms with Crippen LogP contribution in [0.3, 0.4) is 0 Å². The predicted molar refractivity (Wildman–Crippen MR) is 69.4 cm³/mol. The molecule has 1 saturated carbocycles. The molecule has 2 rings (SSSR count). The first kappa shape index (κ1) is 14.5. The summed E-state index contributed by atoms with van der Waals surface area (Å²) in [6.07, 6.45) is 0.998. The lowest BCUT2D eigenvalue weighted by Crippen LogP contribution is -2.59. The number of carbonyl (C=O) groups is 4. The van der Waals surface area contributed by atoms with Gasteiger partial charge < -0.3 is 5.32 Å². The molecule has 1 aliphatic heterocycles.